The molecule has 0 bridgehead atoms. The van der Waals surface area contributed by atoms with Crippen molar-refractivity contribution in [2.45, 2.75) is 26.8 Å². The van der Waals surface area contributed by atoms with Gasteiger partial charge in [-0.15, -0.1) is 11.3 Å². The second kappa shape index (κ2) is 8.61. The molecular formula is C18H19N5O4S. The van der Waals surface area contributed by atoms with Crippen LogP contribution in [0.3, 0.4) is 0 Å². The SMILES string of the molecule is Cc1cc(NC(=O)Cn2cc(C(=O)NCCc3ncc(C)s3)ccc2=O)no1. The van der Waals surface area contributed by atoms with Crippen LogP contribution in [0.2, 0.25) is 0 Å². The minimum absolute atomic E-state index is 0.246. The van der Waals surface area contributed by atoms with E-state index in [1.54, 1.807) is 30.5 Å². The maximum absolute atomic E-state index is 12.3. The number of thiazole rings is 1. The first kappa shape index (κ1) is 19.5. The Bertz CT molecular complexity index is 1050. The molecule has 10 heteroatoms. The van der Waals surface area contributed by atoms with Crippen LogP contribution in [0.1, 0.15) is 26.0 Å². The summed E-state index contributed by atoms with van der Waals surface area (Å²) in [6, 6.07) is 4.25. The average Bonchev–Trinajstić information content (AvgIpc) is 3.24. The van der Waals surface area contributed by atoms with Crippen LogP contribution in [0.5, 0.6) is 0 Å². The quantitative estimate of drug-likeness (QED) is 0.620. The van der Waals surface area contributed by atoms with Gasteiger partial charge in [-0.05, 0) is 19.9 Å². The van der Waals surface area contributed by atoms with Crippen LogP contribution in [-0.4, -0.2) is 33.1 Å². The normalized spacial score (nSPS) is 10.6. The fourth-order valence-electron chi connectivity index (χ4n) is 2.45. The van der Waals surface area contributed by atoms with Gasteiger partial charge in [-0.3, -0.25) is 14.4 Å². The molecule has 2 amide bonds. The fourth-order valence-corrected chi connectivity index (χ4v) is 3.24. The predicted molar refractivity (Wildman–Crippen MR) is 103 cm³/mol. The summed E-state index contributed by atoms with van der Waals surface area (Å²) in [6.45, 7) is 3.86. The second-order valence-corrected chi connectivity index (χ2v) is 7.44. The minimum atomic E-state index is -0.452. The van der Waals surface area contributed by atoms with E-state index in [0.29, 0.717) is 24.3 Å². The number of hydrogen-bond acceptors (Lipinski definition) is 7. The highest BCUT2D eigenvalue weighted by atomic mass is 32.1. The highest BCUT2D eigenvalue weighted by Gasteiger charge is 2.11. The first-order valence-electron chi connectivity index (χ1n) is 8.54. The molecule has 0 aromatic carbocycles. The summed E-state index contributed by atoms with van der Waals surface area (Å²) in [6.07, 6.45) is 3.78. The monoisotopic (exact) mass is 401 g/mol. The Kier molecular flexibility index (Phi) is 5.99. The van der Waals surface area contributed by atoms with Crippen molar-refractivity contribution in [1.82, 2.24) is 20.0 Å². The van der Waals surface area contributed by atoms with E-state index in [1.165, 1.54) is 22.9 Å². The summed E-state index contributed by atoms with van der Waals surface area (Å²) in [5.74, 6) is 0.0441. The van der Waals surface area contributed by atoms with Crippen LogP contribution < -0.4 is 16.2 Å². The van der Waals surface area contributed by atoms with Crippen LogP contribution in [0.25, 0.3) is 0 Å². The number of amides is 2. The van der Waals surface area contributed by atoms with Crippen LogP contribution in [0.15, 0.2) is 39.9 Å². The fraction of sp³-hybridized carbons (Fsp3) is 0.278. The molecule has 2 N–H and O–H groups in total. The molecule has 3 aromatic rings. The van der Waals surface area contributed by atoms with Crippen molar-refractivity contribution < 1.29 is 14.1 Å². The summed E-state index contributed by atoms with van der Waals surface area (Å²) in [5, 5.41) is 9.93. The third kappa shape index (κ3) is 5.13. The molecule has 0 atom stereocenters. The van der Waals surface area contributed by atoms with Crippen molar-refractivity contribution >= 4 is 29.0 Å². The summed E-state index contributed by atoms with van der Waals surface area (Å²) in [5.41, 5.74) is -0.0960. The zero-order chi connectivity index (χ0) is 20.1. The second-order valence-electron chi connectivity index (χ2n) is 6.13. The molecule has 3 rings (SSSR count). The zero-order valence-electron chi connectivity index (χ0n) is 15.4. The Hall–Kier alpha value is -3.27. The van der Waals surface area contributed by atoms with Crippen molar-refractivity contribution in [3.05, 3.63) is 62.2 Å². The van der Waals surface area contributed by atoms with Gasteiger partial charge in [-0.1, -0.05) is 5.16 Å². The molecule has 0 aliphatic carbocycles. The Balaban J connectivity index is 1.59. The number of rotatable bonds is 7. The van der Waals surface area contributed by atoms with E-state index in [2.05, 4.69) is 20.8 Å². The van der Waals surface area contributed by atoms with Gasteiger partial charge in [0.25, 0.3) is 11.5 Å². The zero-order valence-corrected chi connectivity index (χ0v) is 16.2. The largest absolute Gasteiger partial charge is 0.360 e. The Morgan fingerprint density at radius 2 is 2.11 bits per heavy atom. The molecule has 3 heterocycles. The van der Waals surface area contributed by atoms with Crippen LogP contribution in [0.4, 0.5) is 5.82 Å². The number of carbonyl (C=O) groups excluding carboxylic acids is 2. The molecular weight excluding hydrogens is 382 g/mol. The van der Waals surface area contributed by atoms with Crippen molar-refractivity contribution in [2.75, 3.05) is 11.9 Å². The van der Waals surface area contributed by atoms with Crippen molar-refractivity contribution in [1.29, 1.82) is 0 Å². The maximum Gasteiger partial charge on any atom is 0.252 e. The van der Waals surface area contributed by atoms with Gasteiger partial charge in [0.2, 0.25) is 5.91 Å². The van der Waals surface area contributed by atoms with E-state index in [9.17, 15) is 14.4 Å². The topological polar surface area (TPSA) is 119 Å². The number of carbonyl (C=O) groups is 2. The highest BCUT2D eigenvalue weighted by molar-refractivity contribution is 7.11. The molecule has 3 aromatic heterocycles. The smallest absolute Gasteiger partial charge is 0.252 e. The standard InChI is InChI=1S/C18H19N5O4S/c1-11-7-14(22-27-11)21-15(24)10-23-9-13(3-4-17(23)25)18(26)19-6-5-16-20-8-12(2)28-16/h3-4,7-9H,5-6,10H2,1-2H3,(H,19,26)(H,21,22,24). The molecule has 0 spiro atoms. The van der Waals surface area contributed by atoms with E-state index >= 15 is 0 Å². The van der Waals surface area contributed by atoms with Gasteiger partial charge < -0.3 is 19.7 Å². The van der Waals surface area contributed by atoms with Crippen LogP contribution >= 0.6 is 11.3 Å². The molecule has 9 nitrogen and oxygen atoms in total. The average molecular weight is 401 g/mol. The molecule has 0 saturated carbocycles. The highest BCUT2D eigenvalue weighted by Crippen LogP contribution is 2.11. The molecule has 0 fully saturated rings. The first-order valence-corrected chi connectivity index (χ1v) is 9.35. The Morgan fingerprint density at radius 1 is 1.29 bits per heavy atom. The van der Waals surface area contributed by atoms with Gasteiger partial charge in [-0.25, -0.2) is 4.98 Å². The van der Waals surface area contributed by atoms with Gasteiger partial charge in [0, 0.05) is 42.4 Å². The van der Waals surface area contributed by atoms with Crippen molar-refractivity contribution in [2.24, 2.45) is 0 Å². The molecule has 0 unspecified atom stereocenters. The lowest BCUT2D eigenvalue weighted by Crippen LogP contribution is -2.30. The van der Waals surface area contributed by atoms with Crippen molar-refractivity contribution in [3.8, 4) is 0 Å². The van der Waals surface area contributed by atoms with E-state index in [0.717, 1.165) is 9.88 Å². The van der Waals surface area contributed by atoms with E-state index in [1.807, 2.05) is 6.92 Å². The minimum Gasteiger partial charge on any atom is -0.360 e. The maximum atomic E-state index is 12.3. The van der Waals surface area contributed by atoms with E-state index in [4.69, 9.17) is 4.52 Å². The number of aryl methyl sites for hydroxylation is 2. The number of anilines is 1. The lowest BCUT2D eigenvalue weighted by atomic mass is 10.2. The number of aromatic nitrogens is 3. The summed E-state index contributed by atoms with van der Waals surface area (Å²) in [7, 11) is 0. The van der Waals surface area contributed by atoms with Crippen LogP contribution in [0, 0.1) is 13.8 Å². The molecule has 146 valence electrons. The van der Waals surface area contributed by atoms with Gasteiger partial charge in [0.1, 0.15) is 12.3 Å². The van der Waals surface area contributed by atoms with Gasteiger partial charge in [0.05, 0.1) is 10.6 Å². The number of nitrogens with zero attached hydrogens (tertiary/aromatic N) is 3. The first-order chi connectivity index (χ1) is 13.4. The Morgan fingerprint density at radius 3 is 2.79 bits per heavy atom. The summed E-state index contributed by atoms with van der Waals surface area (Å²) >= 11 is 1.58. The van der Waals surface area contributed by atoms with Crippen molar-refractivity contribution in [3.63, 3.8) is 0 Å². The number of pyridine rings is 1. The molecule has 0 radical (unpaired) electrons. The molecule has 0 saturated heterocycles. The van der Waals surface area contributed by atoms with Gasteiger partial charge in [0.15, 0.2) is 5.82 Å². The molecule has 0 aliphatic heterocycles. The number of nitrogens with one attached hydrogen (secondary N) is 2. The van der Waals surface area contributed by atoms with E-state index in [-0.39, 0.29) is 23.8 Å². The molecule has 0 aliphatic rings. The third-order valence-electron chi connectivity index (χ3n) is 3.75. The Labute approximate surface area is 164 Å². The number of hydrogen-bond donors (Lipinski definition) is 2. The lowest BCUT2D eigenvalue weighted by Gasteiger charge is -2.08. The predicted octanol–water partition coefficient (Wildman–Crippen LogP) is 1.52. The summed E-state index contributed by atoms with van der Waals surface area (Å²) < 4.78 is 6.04. The van der Waals surface area contributed by atoms with Gasteiger partial charge >= 0.3 is 0 Å². The molecule has 28 heavy (non-hydrogen) atoms. The lowest BCUT2D eigenvalue weighted by molar-refractivity contribution is -0.116. The summed E-state index contributed by atoms with van der Waals surface area (Å²) in [4.78, 5) is 41.8. The van der Waals surface area contributed by atoms with E-state index < -0.39 is 5.91 Å². The third-order valence-corrected chi connectivity index (χ3v) is 4.72. The van der Waals surface area contributed by atoms with Gasteiger partial charge in [-0.2, -0.15) is 0 Å². The van der Waals surface area contributed by atoms with Crippen LogP contribution in [-0.2, 0) is 17.8 Å².